The summed E-state index contributed by atoms with van der Waals surface area (Å²) in [6, 6.07) is 5.34. The van der Waals surface area contributed by atoms with Crippen molar-refractivity contribution in [2.75, 3.05) is 12.4 Å². The molecule has 0 aliphatic carbocycles. The van der Waals surface area contributed by atoms with Gasteiger partial charge in [0.05, 0.1) is 11.2 Å². The second kappa shape index (κ2) is 5.85. The quantitative estimate of drug-likeness (QED) is 0.769. The number of aromatic carboxylic acids is 1. The van der Waals surface area contributed by atoms with Crippen LogP contribution in [0.2, 0.25) is 0 Å². The van der Waals surface area contributed by atoms with Crippen molar-refractivity contribution >= 4 is 33.3 Å². The molecule has 2 N–H and O–H groups in total. The molecule has 3 rings (SSSR count). The molecule has 0 radical (unpaired) electrons. The van der Waals surface area contributed by atoms with Crippen molar-refractivity contribution in [2.45, 2.75) is 13.5 Å². The molecule has 0 bridgehead atoms. The first-order valence-corrected chi connectivity index (χ1v) is 7.97. The van der Waals surface area contributed by atoms with Gasteiger partial charge in [0.1, 0.15) is 5.56 Å². The molecule has 2 aromatic heterocycles. The van der Waals surface area contributed by atoms with Gasteiger partial charge in [-0.3, -0.25) is 4.79 Å². The van der Waals surface area contributed by atoms with Gasteiger partial charge in [-0.2, -0.15) is 0 Å². The van der Waals surface area contributed by atoms with E-state index in [0.29, 0.717) is 17.4 Å². The minimum atomic E-state index is -1.21. The number of carboxylic acid groups (broad SMARTS) is 1. The molecular weight excluding hydrogens is 314 g/mol. The van der Waals surface area contributed by atoms with Crippen molar-refractivity contribution in [3.63, 3.8) is 0 Å². The average Bonchev–Trinajstić information content (AvgIpc) is 3.03. The van der Waals surface area contributed by atoms with Gasteiger partial charge in [0.2, 0.25) is 5.43 Å². The van der Waals surface area contributed by atoms with Gasteiger partial charge in [0, 0.05) is 36.1 Å². The van der Waals surface area contributed by atoms with Gasteiger partial charge < -0.3 is 15.0 Å². The van der Waals surface area contributed by atoms with Crippen molar-refractivity contribution in [1.82, 2.24) is 9.55 Å². The predicted molar refractivity (Wildman–Crippen MR) is 91.5 cm³/mol. The van der Waals surface area contributed by atoms with Crippen molar-refractivity contribution in [3.05, 3.63) is 45.6 Å². The zero-order valence-electron chi connectivity index (χ0n) is 12.7. The highest BCUT2D eigenvalue weighted by Crippen LogP contribution is 2.27. The molecule has 0 spiro atoms. The summed E-state index contributed by atoms with van der Waals surface area (Å²) in [6.07, 6.45) is 1.40. The Morgan fingerprint density at radius 2 is 2.22 bits per heavy atom. The molecule has 0 atom stereocenters. The number of thiazole rings is 1. The van der Waals surface area contributed by atoms with E-state index >= 15 is 0 Å². The number of fused-ring (bicyclic) bond motifs is 1. The molecule has 0 aliphatic heterocycles. The number of carboxylic acids is 1. The largest absolute Gasteiger partial charge is 0.477 e. The molecule has 0 aliphatic rings. The maximum atomic E-state index is 12.3. The lowest BCUT2D eigenvalue weighted by Gasteiger charge is -2.11. The third-order valence-corrected chi connectivity index (χ3v) is 4.53. The first-order chi connectivity index (χ1) is 11.0. The minimum Gasteiger partial charge on any atom is -0.477 e. The van der Waals surface area contributed by atoms with Crippen LogP contribution >= 0.6 is 11.3 Å². The maximum absolute atomic E-state index is 12.3. The minimum absolute atomic E-state index is 0.210. The number of benzene rings is 1. The zero-order chi connectivity index (χ0) is 16.6. The summed E-state index contributed by atoms with van der Waals surface area (Å²) in [4.78, 5) is 28.0. The van der Waals surface area contributed by atoms with Gasteiger partial charge in [0.25, 0.3) is 0 Å². The second-order valence-electron chi connectivity index (χ2n) is 4.98. The first kappa shape index (κ1) is 15.2. The third-order valence-electron chi connectivity index (χ3n) is 3.67. The summed E-state index contributed by atoms with van der Waals surface area (Å²) in [6.45, 7) is 2.48. The highest BCUT2D eigenvalue weighted by atomic mass is 32.1. The van der Waals surface area contributed by atoms with E-state index in [4.69, 9.17) is 0 Å². The van der Waals surface area contributed by atoms with Crippen molar-refractivity contribution in [2.24, 2.45) is 0 Å². The van der Waals surface area contributed by atoms with E-state index in [1.807, 2.05) is 25.4 Å². The Kier molecular flexibility index (Phi) is 3.87. The van der Waals surface area contributed by atoms with Crippen LogP contribution in [0.25, 0.3) is 22.2 Å². The zero-order valence-corrected chi connectivity index (χ0v) is 13.5. The smallest absolute Gasteiger partial charge is 0.341 e. The Balaban J connectivity index is 2.25. The highest BCUT2D eigenvalue weighted by Gasteiger charge is 2.15. The van der Waals surface area contributed by atoms with Crippen molar-refractivity contribution in [1.29, 1.82) is 0 Å². The fourth-order valence-corrected chi connectivity index (χ4v) is 3.17. The predicted octanol–water partition coefficient (Wildman–Crippen LogP) is 2.88. The number of pyridine rings is 1. The molecule has 7 heteroatoms. The van der Waals surface area contributed by atoms with Crippen LogP contribution in [0.15, 0.2) is 34.6 Å². The first-order valence-electron chi connectivity index (χ1n) is 7.09. The average molecular weight is 329 g/mol. The molecule has 0 saturated heterocycles. The van der Waals surface area contributed by atoms with E-state index in [9.17, 15) is 14.7 Å². The molecule has 23 heavy (non-hydrogen) atoms. The van der Waals surface area contributed by atoms with E-state index in [-0.39, 0.29) is 5.56 Å². The molecule has 6 nitrogen and oxygen atoms in total. The number of rotatable bonds is 4. The maximum Gasteiger partial charge on any atom is 0.341 e. The Hall–Kier alpha value is -2.67. The van der Waals surface area contributed by atoms with Crippen LogP contribution in [-0.4, -0.2) is 27.7 Å². The molecule has 0 amide bonds. The number of carbonyl (C=O) groups is 1. The SMILES string of the molecule is CCn1cc(C(=O)O)c(=O)c2ccc(-c3csc(NC)n3)cc21. The topological polar surface area (TPSA) is 84.2 Å². The van der Waals surface area contributed by atoms with E-state index in [1.54, 1.807) is 16.7 Å². The van der Waals surface area contributed by atoms with Crippen LogP contribution in [0.1, 0.15) is 17.3 Å². The molecule has 0 unspecified atom stereocenters. The number of anilines is 1. The molecule has 0 fully saturated rings. The highest BCUT2D eigenvalue weighted by molar-refractivity contribution is 7.14. The second-order valence-corrected chi connectivity index (χ2v) is 5.84. The van der Waals surface area contributed by atoms with E-state index < -0.39 is 11.4 Å². The third kappa shape index (κ3) is 2.59. The number of hydrogen-bond acceptors (Lipinski definition) is 5. The molecule has 2 heterocycles. The Morgan fingerprint density at radius 1 is 1.43 bits per heavy atom. The summed E-state index contributed by atoms with van der Waals surface area (Å²) in [5.41, 5.74) is 1.74. The van der Waals surface area contributed by atoms with Gasteiger partial charge in [-0.1, -0.05) is 6.07 Å². The van der Waals surface area contributed by atoms with Crippen LogP contribution in [0.5, 0.6) is 0 Å². The Morgan fingerprint density at radius 3 is 2.83 bits per heavy atom. The van der Waals surface area contributed by atoms with Crippen LogP contribution in [0.4, 0.5) is 5.13 Å². The number of aromatic nitrogens is 2. The summed E-state index contributed by atoms with van der Waals surface area (Å²) in [5.74, 6) is -1.21. The van der Waals surface area contributed by atoms with E-state index in [2.05, 4.69) is 10.3 Å². The van der Waals surface area contributed by atoms with Crippen molar-refractivity contribution in [3.8, 4) is 11.3 Å². The monoisotopic (exact) mass is 329 g/mol. The molecule has 1 aromatic carbocycles. The Bertz CT molecular complexity index is 959. The normalized spacial score (nSPS) is 10.9. The van der Waals surface area contributed by atoms with E-state index in [0.717, 1.165) is 16.4 Å². The molecular formula is C16H15N3O3S. The lowest BCUT2D eigenvalue weighted by Crippen LogP contribution is -2.18. The molecule has 118 valence electrons. The summed E-state index contributed by atoms with van der Waals surface area (Å²) >= 11 is 1.50. The lowest BCUT2D eigenvalue weighted by atomic mass is 10.1. The fourth-order valence-electron chi connectivity index (χ4n) is 2.48. The number of hydrogen-bond donors (Lipinski definition) is 2. The van der Waals surface area contributed by atoms with Crippen molar-refractivity contribution < 1.29 is 9.90 Å². The standard InChI is InChI=1S/C16H15N3O3S/c1-3-19-7-11(15(21)22)14(20)10-5-4-9(6-13(10)19)12-8-23-16(17-2)18-12/h4-8H,3H2,1-2H3,(H,17,18)(H,21,22). The van der Waals surface area contributed by atoms with Gasteiger partial charge in [-0.25, -0.2) is 9.78 Å². The number of nitrogens with zero attached hydrogens (tertiary/aromatic N) is 2. The fraction of sp³-hybridized carbons (Fsp3) is 0.188. The van der Waals surface area contributed by atoms with E-state index in [1.165, 1.54) is 17.5 Å². The molecule has 3 aromatic rings. The van der Waals surface area contributed by atoms with Gasteiger partial charge in [0.15, 0.2) is 5.13 Å². The number of nitrogens with one attached hydrogen (secondary N) is 1. The van der Waals surface area contributed by atoms with Crippen LogP contribution < -0.4 is 10.7 Å². The van der Waals surface area contributed by atoms with Gasteiger partial charge in [-0.15, -0.1) is 11.3 Å². The summed E-state index contributed by atoms with van der Waals surface area (Å²) < 4.78 is 1.77. The molecule has 0 saturated carbocycles. The Labute approximate surface area is 136 Å². The lowest BCUT2D eigenvalue weighted by molar-refractivity contribution is 0.0695. The van der Waals surface area contributed by atoms with Crippen LogP contribution in [0.3, 0.4) is 0 Å². The summed E-state index contributed by atoms with van der Waals surface area (Å²) in [5, 5.41) is 15.3. The van der Waals surface area contributed by atoms with Crippen LogP contribution in [-0.2, 0) is 6.54 Å². The van der Waals surface area contributed by atoms with Gasteiger partial charge >= 0.3 is 5.97 Å². The van der Waals surface area contributed by atoms with Crippen LogP contribution in [0, 0.1) is 0 Å². The van der Waals surface area contributed by atoms with Gasteiger partial charge in [-0.05, 0) is 19.1 Å². The summed E-state index contributed by atoms with van der Waals surface area (Å²) in [7, 11) is 1.81. The number of aryl methyl sites for hydroxylation is 1.